The Bertz CT molecular complexity index is 1050. The summed E-state index contributed by atoms with van der Waals surface area (Å²) in [6.45, 7) is 7.43. The Morgan fingerprint density at radius 3 is 2.59 bits per heavy atom. The molecule has 3 aromatic rings. The lowest BCUT2D eigenvalue weighted by molar-refractivity contribution is -0.136. The number of carboxylic acid groups (broad SMARTS) is 1. The van der Waals surface area contributed by atoms with Crippen molar-refractivity contribution in [3.63, 3.8) is 0 Å². The first-order valence-corrected chi connectivity index (χ1v) is 9.75. The fourth-order valence-electron chi connectivity index (χ4n) is 3.29. The number of benzene rings is 2. The molecule has 0 amide bonds. The van der Waals surface area contributed by atoms with Crippen molar-refractivity contribution in [1.82, 2.24) is 4.90 Å². The maximum Gasteiger partial charge on any atom is 0.307 e. The third-order valence-corrected chi connectivity index (χ3v) is 4.89. The zero-order valence-corrected chi connectivity index (χ0v) is 16.7. The zero-order chi connectivity index (χ0) is 20.8. The zero-order valence-electron chi connectivity index (χ0n) is 16.7. The number of likely N-dealkylation sites (N-methyl/N-ethyl adjacent to an activating group) is 1. The van der Waals surface area contributed by atoms with Gasteiger partial charge in [-0.1, -0.05) is 38.1 Å². The number of para-hydroxylation sites is 2. The molecule has 0 unspecified atom stereocenters. The molecule has 0 saturated carbocycles. The molecule has 3 rings (SSSR count). The van der Waals surface area contributed by atoms with Crippen LogP contribution in [0.5, 0.6) is 5.75 Å². The van der Waals surface area contributed by atoms with Crippen LogP contribution in [-0.2, 0) is 11.2 Å². The Labute approximate surface area is 169 Å². The van der Waals surface area contributed by atoms with Crippen LogP contribution in [0.3, 0.4) is 0 Å². The van der Waals surface area contributed by atoms with Crippen molar-refractivity contribution in [3.05, 3.63) is 64.3 Å². The Morgan fingerprint density at radius 1 is 1.10 bits per heavy atom. The van der Waals surface area contributed by atoms with E-state index in [1.807, 2.05) is 24.3 Å². The van der Waals surface area contributed by atoms with Gasteiger partial charge >= 0.3 is 5.97 Å². The number of rotatable bonds is 9. The molecule has 0 radical (unpaired) electrons. The van der Waals surface area contributed by atoms with E-state index in [1.165, 1.54) is 6.07 Å². The molecule has 0 aliphatic carbocycles. The highest BCUT2D eigenvalue weighted by Crippen LogP contribution is 2.31. The molecule has 1 heterocycles. The van der Waals surface area contributed by atoms with Gasteiger partial charge in [-0.05, 0) is 31.3 Å². The molecule has 2 aromatic carbocycles. The number of fused-ring (bicyclic) bond motifs is 1. The van der Waals surface area contributed by atoms with Crippen molar-refractivity contribution >= 4 is 16.9 Å². The number of carboxylic acids is 1. The molecular weight excluding hydrogens is 370 g/mol. The summed E-state index contributed by atoms with van der Waals surface area (Å²) in [7, 11) is 0. The van der Waals surface area contributed by atoms with Crippen LogP contribution in [0, 0.1) is 0 Å². The van der Waals surface area contributed by atoms with Crippen LogP contribution >= 0.6 is 0 Å². The van der Waals surface area contributed by atoms with E-state index in [-0.39, 0.29) is 11.8 Å². The molecule has 0 saturated heterocycles. The third kappa shape index (κ3) is 4.84. The van der Waals surface area contributed by atoms with E-state index in [2.05, 4.69) is 18.7 Å². The summed E-state index contributed by atoms with van der Waals surface area (Å²) in [5.74, 6) is 0.00216. The first-order chi connectivity index (χ1) is 14.0. The first kappa shape index (κ1) is 20.6. The summed E-state index contributed by atoms with van der Waals surface area (Å²) in [5.41, 5.74) is 1.21. The maximum absolute atomic E-state index is 12.6. The first-order valence-electron chi connectivity index (χ1n) is 9.75. The van der Waals surface area contributed by atoms with Gasteiger partial charge in [0, 0.05) is 18.2 Å². The summed E-state index contributed by atoms with van der Waals surface area (Å²) >= 11 is 0. The average Bonchev–Trinajstić information content (AvgIpc) is 2.71. The molecule has 6 heteroatoms. The molecule has 0 spiro atoms. The van der Waals surface area contributed by atoms with E-state index in [0.717, 1.165) is 19.6 Å². The van der Waals surface area contributed by atoms with Crippen LogP contribution in [0.15, 0.2) is 57.7 Å². The molecule has 0 bridgehead atoms. The average molecular weight is 395 g/mol. The van der Waals surface area contributed by atoms with Gasteiger partial charge in [0.15, 0.2) is 5.43 Å². The monoisotopic (exact) mass is 395 g/mol. The Kier molecular flexibility index (Phi) is 6.67. The normalized spacial score (nSPS) is 11.1. The minimum atomic E-state index is -0.981. The predicted molar refractivity (Wildman–Crippen MR) is 113 cm³/mol. The molecule has 6 nitrogen and oxygen atoms in total. The SMILES string of the molecule is CCN(CC)CCOc1ccccc1-c1cc(=O)c2cccc(CC(=O)O)c2o1. The lowest BCUT2D eigenvalue weighted by Crippen LogP contribution is -2.27. The lowest BCUT2D eigenvalue weighted by atomic mass is 10.1. The highest BCUT2D eigenvalue weighted by Gasteiger charge is 2.15. The van der Waals surface area contributed by atoms with Crippen molar-refractivity contribution in [2.75, 3.05) is 26.2 Å². The summed E-state index contributed by atoms with van der Waals surface area (Å²) in [6, 6.07) is 13.8. The number of nitrogens with zero attached hydrogens (tertiary/aromatic N) is 1. The van der Waals surface area contributed by atoms with E-state index in [0.29, 0.717) is 40.2 Å². The predicted octanol–water partition coefficient (Wildman–Crippen LogP) is 3.81. The minimum absolute atomic E-state index is 0.216. The van der Waals surface area contributed by atoms with Gasteiger partial charge in [-0.25, -0.2) is 0 Å². The van der Waals surface area contributed by atoms with Gasteiger partial charge in [0.2, 0.25) is 0 Å². The Balaban J connectivity index is 1.98. The van der Waals surface area contributed by atoms with Gasteiger partial charge in [0.25, 0.3) is 0 Å². The van der Waals surface area contributed by atoms with E-state index >= 15 is 0 Å². The number of hydrogen-bond donors (Lipinski definition) is 1. The quantitative estimate of drug-likeness (QED) is 0.593. The summed E-state index contributed by atoms with van der Waals surface area (Å²) in [5, 5.41) is 9.53. The van der Waals surface area contributed by atoms with E-state index < -0.39 is 5.97 Å². The molecule has 1 aromatic heterocycles. The maximum atomic E-state index is 12.6. The topological polar surface area (TPSA) is 80.0 Å². The third-order valence-electron chi connectivity index (χ3n) is 4.89. The van der Waals surface area contributed by atoms with Crippen LogP contribution in [-0.4, -0.2) is 42.2 Å². The van der Waals surface area contributed by atoms with Gasteiger partial charge in [0.05, 0.1) is 17.4 Å². The molecule has 152 valence electrons. The molecule has 0 aliphatic rings. The van der Waals surface area contributed by atoms with Crippen molar-refractivity contribution in [2.45, 2.75) is 20.3 Å². The second kappa shape index (κ2) is 9.39. The van der Waals surface area contributed by atoms with Gasteiger partial charge in [-0.3, -0.25) is 9.59 Å². The summed E-state index contributed by atoms with van der Waals surface area (Å²) < 4.78 is 12.0. The molecule has 1 N–H and O–H groups in total. The van der Waals surface area contributed by atoms with Crippen LogP contribution in [0.4, 0.5) is 0 Å². The van der Waals surface area contributed by atoms with Gasteiger partial charge in [0.1, 0.15) is 23.7 Å². The molecular formula is C23H25NO5. The van der Waals surface area contributed by atoms with E-state index in [9.17, 15) is 9.59 Å². The fraction of sp³-hybridized carbons (Fsp3) is 0.304. The highest BCUT2D eigenvalue weighted by atomic mass is 16.5. The van der Waals surface area contributed by atoms with Crippen molar-refractivity contribution < 1.29 is 19.1 Å². The summed E-state index contributed by atoms with van der Waals surface area (Å²) in [4.78, 5) is 26.1. The van der Waals surface area contributed by atoms with Crippen LogP contribution < -0.4 is 10.2 Å². The highest BCUT2D eigenvalue weighted by molar-refractivity contribution is 5.85. The molecule has 29 heavy (non-hydrogen) atoms. The Morgan fingerprint density at radius 2 is 1.86 bits per heavy atom. The standard InChI is InChI=1S/C23H25NO5/c1-3-24(4-2)12-13-28-20-11-6-5-9-18(20)21-15-19(25)17-10-7-8-16(14-22(26)27)23(17)29-21/h5-11,15H,3-4,12-14H2,1-2H3,(H,26,27). The molecule has 0 aliphatic heterocycles. The summed E-state index contributed by atoms with van der Waals surface area (Å²) in [6.07, 6.45) is -0.217. The largest absolute Gasteiger partial charge is 0.491 e. The van der Waals surface area contributed by atoms with E-state index in [4.69, 9.17) is 14.3 Å². The van der Waals surface area contributed by atoms with Crippen molar-refractivity contribution in [2.24, 2.45) is 0 Å². The van der Waals surface area contributed by atoms with Gasteiger partial charge < -0.3 is 19.2 Å². The van der Waals surface area contributed by atoms with Crippen LogP contribution in [0.2, 0.25) is 0 Å². The number of hydrogen-bond acceptors (Lipinski definition) is 5. The van der Waals surface area contributed by atoms with Gasteiger partial charge in [-0.2, -0.15) is 0 Å². The molecule has 0 atom stereocenters. The second-order valence-corrected chi connectivity index (χ2v) is 6.71. The van der Waals surface area contributed by atoms with Gasteiger partial charge in [-0.15, -0.1) is 0 Å². The van der Waals surface area contributed by atoms with Crippen LogP contribution in [0.25, 0.3) is 22.3 Å². The lowest BCUT2D eigenvalue weighted by Gasteiger charge is -2.19. The number of aliphatic carboxylic acids is 1. The smallest absolute Gasteiger partial charge is 0.307 e. The van der Waals surface area contributed by atoms with Crippen LogP contribution in [0.1, 0.15) is 19.4 Å². The Hall–Kier alpha value is -3.12. The van der Waals surface area contributed by atoms with E-state index in [1.54, 1.807) is 18.2 Å². The minimum Gasteiger partial charge on any atom is -0.491 e. The molecule has 0 fully saturated rings. The number of carbonyl (C=O) groups is 1. The second-order valence-electron chi connectivity index (χ2n) is 6.71. The fourth-order valence-corrected chi connectivity index (χ4v) is 3.29. The van der Waals surface area contributed by atoms with Crippen molar-refractivity contribution in [1.29, 1.82) is 0 Å². The van der Waals surface area contributed by atoms with Crippen molar-refractivity contribution in [3.8, 4) is 17.1 Å². The number of ether oxygens (including phenoxy) is 1.